The summed E-state index contributed by atoms with van der Waals surface area (Å²) < 4.78 is 27.8. The third-order valence-corrected chi connectivity index (χ3v) is 4.23. The second-order valence-electron chi connectivity index (χ2n) is 6.83. The summed E-state index contributed by atoms with van der Waals surface area (Å²) in [5.41, 5.74) is -0.621. The predicted molar refractivity (Wildman–Crippen MR) is 83.3 cm³/mol. The maximum absolute atomic E-state index is 12.3. The Hall–Kier alpha value is -1.31. The van der Waals surface area contributed by atoms with E-state index in [0.29, 0.717) is 13.0 Å². The first-order chi connectivity index (χ1) is 9.89. The molecule has 0 aromatic carbocycles. The topological polar surface area (TPSA) is 92.8 Å². The van der Waals surface area contributed by atoms with Gasteiger partial charge in [-0.3, -0.25) is 9.69 Å². The van der Waals surface area contributed by atoms with Gasteiger partial charge in [-0.05, 0) is 40.5 Å². The summed E-state index contributed by atoms with van der Waals surface area (Å²) in [5.74, 6) is -0.461. The third-order valence-electron chi connectivity index (χ3n) is 3.12. The first kappa shape index (κ1) is 18.7. The molecule has 1 heterocycles. The molecule has 1 saturated heterocycles. The molecule has 22 heavy (non-hydrogen) atoms. The lowest BCUT2D eigenvalue weighted by Gasteiger charge is -2.28. The average Bonchev–Trinajstić information content (AvgIpc) is 2.71. The second-order valence-corrected chi connectivity index (χ2v) is 9.02. The minimum Gasteiger partial charge on any atom is -0.444 e. The number of hydrogen-bond donors (Lipinski definition) is 1. The van der Waals surface area contributed by atoms with E-state index in [-0.39, 0.29) is 11.7 Å². The van der Waals surface area contributed by atoms with Gasteiger partial charge in [0.1, 0.15) is 21.5 Å². The molecule has 0 saturated carbocycles. The summed E-state index contributed by atoms with van der Waals surface area (Å²) in [6.07, 6.45) is 1.88. The van der Waals surface area contributed by atoms with E-state index in [1.165, 1.54) is 4.90 Å². The molecular formula is C14H26N2O5S. The van der Waals surface area contributed by atoms with Crippen molar-refractivity contribution in [2.24, 2.45) is 0 Å². The van der Waals surface area contributed by atoms with Crippen molar-refractivity contribution in [2.45, 2.75) is 58.2 Å². The van der Waals surface area contributed by atoms with Gasteiger partial charge in [-0.25, -0.2) is 13.2 Å². The van der Waals surface area contributed by atoms with E-state index in [4.69, 9.17) is 4.74 Å². The standard InChI is InChI=1S/C14H26N2O5S/c1-10(9-22(5,19)20)15-12(17)11-7-6-8-16(11)13(18)21-14(2,3)4/h10-11H,6-9H2,1-5H3,(H,15,17)/t10-,11+/m1/s1. The first-order valence-electron chi connectivity index (χ1n) is 7.37. The van der Waals surface area contributed by atoms with Crippen LogP contribution in [0.3, 0.4) is 0 Å². The van der Waals surface area contributed by atoms with E-state index in [9.17, 15) is 18.0 Å². The van der Waals surface area contributed by atoms with Gasteiger partial charge in [0.2, 0.25) is 5.91 Å². The average molecular weight is 334 g/mol. The molecule has 0 aliphatic carbocycles. The molecule has 128 valence electrons. The number of ether oxygens (including phenoxy) is 1. The van der Waals surface area contributed by atoms with Crippen LogP contribution in [-0.2, 0) is 19.4 Å². The van der Waals surface area contributed by atoms with Gasteiger partial charge in [-0.1, -0.05) is 0 Å². The molecule has 0 aromatic heterocycles. The molecule has 0 unspecified atom stereocenters. The van der Waals surface area contributed by atoms with Gasteiger partial charge >= 0.3 is 6.09 Å². The van der Waals surface area contributed by atoms with E-state index in [1.54, 1.807) is 27.7 Å². The fourth-order valence-corrected chi connectivity index (χ4v) is 3.40. The lowest BCUT2D eigenvalue weighted by atomic mass is 10.2. The van der Waals surface area contributed by atoms with E-state index < -0.39 is 33.6 Å². The van der Waals surface area contributed by atoms with Crippen molar-refractivity contribution < 1.29 is 22.7 Å². The Morgan fingerprint density at radius 3 is 2.45 bits per heavy atom. The molecule has 0 aromatic rings. The van der Waals surface area contributed by atoms with Crippen molar-refractivity contribution in [1.29, 1.82) is 0 Å². The largest absolute Gasteiger partial charge is 0.444 e. The van der Waals surface area contributed by atoms with Crippen LogP contribution in [-0.4, -0.2) is 61.6 Å². The Labute approximate surface area is 132 Å². The highest BCUT2D eigenvalue weighted by molar-refractivity contribution is 7.90. The molecule has 0 bridgehead atoms. The molecule has 1 rings (SSSR count). The van der Waals surface area contributed by atoms with E-state index in [0.717, 1.165) is 12.7 Å². The van der Waals surface area contributed by atoms with E-state index in [2.05, 4.69) is 5.32 Å². The predicted octanol–water partition coefficient (Wildman–Crippen LogP) is 0.935. The SMILES string of the molecule is C[C@H](CS(C)(=O)=O)NC(=O)[C@@H]1CCCN1C(=O)OC(C)(C)C. The van der Waals surface area contributed by atoms with Gasteiger partial charge in [-0.15, -0.1) is 0 Å². The molecular weight excluding hydrogens is 308 g/mol. The summed E-state index contributed by atoms with van der Waals surface area (Å²) >= 11 is 0. The fourth-order valence-electron chi connectivity index (χ4n) is 2.41. The molecule has 1 fully saturated rings. The number of likely N-dealkylation sites (tertiary alicyclic amines) is 1. The summed E-state index contributed by atoms with van der Waals surface area (Å²) in [4.78, 5) is 25.8. The van der Waals surface area contributed by atoms with Crippen LogP contribution < -0.4 is 5.32 Å². The summed E-state index contributed by atoms with van der Waals surface area (Å²) in [5, 5.41) is 2.66. The van der Waals surface area contributed by atoms with Gasteiger partial charge in [0.15, 0.2) is 0 Å². The van der Waals surface area contributed by atoms with Gasteiger partial charge in [-0.2, -0.15) is 0 Å². The quantitative estimate of drug-likeness (QED) is 0.826. The molecule has 8 heteroatoms. The van der Waals surface area contributed by atoms with Crippen molar-refractivity contribution >= 4 is 21.8 Å². The lowest BCUT2D eigenvalue weighted by Crippen LogP contribution is -2.50. The second kappa shape index (κ2) is 6.85. The van der Waals surface area contributed by atoms with Crippen LogP contribution in [0.15, 0.2) is 0 Å². The Balaban J connectivity index is 2.66. The molecule has 7 nitrogen and oxygen atoms in total. The van der Waals surface area contributed by atoms with Crippen molar-refractivity contribution in [2.75, 3.05) is 18.6 Å². The Bertz CT molecular complexity index is 524. The van der Waals surface area contributed by atoms with Gasteiger partial charge in [0.25, 0.3) is 0 Å². The van der Waals surface area contributed by atoms with Gasteiger partial charge in [0, 0.05) is 18.8 Å². The zero-order valence-electron chi connectivity index (χ0n) is 13.9. The molecule has 0 spiro atoms. The molecule has 1 N–H and O–H groups in total. The number of carbonyl (C=O) groups excluding carboxylic acids is 2. The highest BCUT2D eigenvalue weighted by Crippen LogP contribution is 2.21. The normalized spacial score (nSPS) is 20.6. The number of nitrogens with one attached hydrogen (secondary N) is 1. The zero-order chi connectivity index (χ0) is 17.1. The van der Waals surface area contributed by atoms with Crippen LogP contribution in [0.2, 0.25) is 0 Å². The summed E-state index contributed by atoms with van der Waals surface area (Å²) in [6, 6.07) is -1.10. The number of rotatable bonds is 4. The molecule has 2 atom stereocenters. The van der Waals surface area contributed by atoms with Crippen LogP contribution >= 0.6 is 0 Å². The Kier molecular flexibility index (Phi) is 5.83. The number of amides is 2. The maximum Gasteiger partial charge on any atom is 0.410 e. The van der Waals surface area contributed by atoms with E-state index in [1.807, 2.05) is 0 Å². The fraction of sp³-hybridized carbons (Fsp3) is 0.857. The third kappa shape index (κ3) is 6.21. The number of hydrogen-bond acceptors (Lipinski definition) is 5. The van der Waals surface area contributed by atoms with Gasteiger partial charge in [0.05, 0.1) is 5.75 Å². The lowest BCUT2D eigenvalue weighted by molar-refractivity contribution is -0.125. The van der Waals surface area contributed by atoms with Crippen molar-refractivity contribution in [3.8, 4) is 0 Å². The number of sulfone groups is 1. The zero-order valence-corrected chi connectivity index (χ0v) is 14.7. The molecule has 2 amide bonds. The first-order valence-corrected chi connectivity index (χ1v) is 9.43. The summed E-state index contributed by atoms with van der Waals surface area (Å²) in [6.45, 7) is 7.40. The van der Waals surface area contributed by atoms with Crippen LogP contribution in [0.1, 0.15) is 40.5 Å². The van der Waals surface area contributed by atoms with Crippen molar-refractivity contribution in [3.05, 3.63) is 0 Å². The molecule has 1 aliphatic heterocycles. The molecule has 1 aliphatic rings. The number of carbonyl (C=O) groups is 2. The highest BCUT2D eigenvalue weighted by Gasteiger charge is 2.37. The smallest absolute Gasteiger partial charge is 0.410 e. The summed E-state index contributed by atoms with van der Waals surface area (Å²) in [7, 11) is -3.17. The van der Waals surface area contributed by atoms with E-state index >= 15 is 0 Å². The van der Waals surface area contributed by atoms with Crippen LogP contribution in [0, 0.1) is 0 Å². The Morgan fingerprint density at radius 1 is 1.36 bits per heavy atom. The molecule has 0 radical (unpaired) electrons. The highest BCUT2D eigenvalue weighted by atomic mass is 32.2. The maximum atomic E-state index is 12.3. The number of nitrogens with zero attached hydrogens (tertiary/aromatic N) is 1. The van der Waals surface area contributed by atoms with Crippen molar-refractivity contribution in [3.63, 3.8) is 0 Å². The minimum absolute atomic E-state index is 0.127. The Morgan fingerprint density at radius 2 is 1.95 bits per heavy atom. The van der Waals surface area contributed by atoms with Crippen LogP contribution in [0.25, 0.3) is 0 Å². The van der Waals surface area contributed by atoms with Crippen LogP contribution in [0.4, 0.5) is 4.79 Å². The van der Waals surface area contributed by atoms with Crippen LogP contribution in [0.5, 0.6) is 0 Å². The van der Waals surface area contributed by atoms with Crippen molar-refractivity contribution in [1.82, 2.24) is 10.2 Å². The minimum atomic E-state index is -3.17. The monoisotopic (exact) mass is 334 g/mol. The van der Waals surface area contributed by atoms with Gasteiger partial charge < -0.3 is 10.1 Å².